The molecule has 1 aromatic carbocycles. The number of carbonyl (C=O) groups is 2. The van der Waals surface area contributed by atoms with E-state index in [-0.39, 0.29) is 18.7 Å². The van der Waals surface area contributed by atoms with Crippen LogP contribution in [0.5, 0.6) is 11.5 Å². The summed E-state index contributed by atoms with van der Waals surface area (Å²) in [5.41, 5.74) is 4.12. The zero-order valence-electron chi connectivity index (χ0n) is 15.5. The van der Waals surface area contributed by atoms with E-state index in [4.69, 9.17) is 9.47 Å². The molecule has 1 aromatic heterocycles. The van der Waals surface area contributed by atoms with Gasteiger partial charge in [0.05, 0.1) is 0 Å². The molecule has 27 heavy (non-hydrogen) atoms. The topological polar surface area (TPSA) is 72.8 Å². The lowest BCUT2D eigenvalue weighted by molar-refractivity contribution is -0.122. The van der Waals surface area contributed by atoms with Crippen molar-refractivity contribution in [3.05, 3.63) is 46.9 Å². The highest BCUT2D eigenvalue weighted by Gasteiger charge is 2.32. The number of benzene rings is 1. The van der Waals surface area contributed by atoms with Crippen LogP contribution in [0, 0.1) is 13.8 Å². The summed E-state index contributed by atoms with van der Waals surface area (Å²) >= 11 is 0. The van der Waals surface area contributed by atoms with Crippen molar-refractivity contribution in [1.82, 2.24) is 14.8 Å². The van der Waals surface area contributed by atoms with E-state index in [9.17, 15) is 9.59 Å². The van der Waals surface area contributed by atoms with Crippen molar-refractivity contribution in [1.29, 1.82) is 0 Å². The lowest BCUT2D eigenvalue weighted by atomic mass is 10.2. The third kappa shape index (κ3) is 2.85. The summed E-state index contributed by atoms with van der Waals surface area (Å²) in [4.78, 5) is 25.7. The Morgan fingerprint density at radius 2 is 1.93 bits per heavy atom. The Bertz CT molecular complexity index is 974. The lowest BCUT2D eigenvalue weighted by Gasteiger charge is -2.10. The minimum atomic E-state index is -0.363. The van der Waals surface area contributed by atoms with Crippen molar-refractivity contribution in [2.24, 2.45) is 0 Å². The van der Waals surface area contributed by atoms with Gasteiger partial charge in [0.15, 0.2) is 11.5 Å². The van der Waals surface area contributed by atoms with E-state index in [1.807, 2.05) is 45.0 Å². The summed E-state index contributed by atoms with van der Waals surface area (Å²) in [6.07, 6.45) is 2.47. The molecule has 7 nitrogen and oxygen atoms in total. The first kappa shape index (κ1) is 17.2. The maximum atomic E-state index is 12.4. The zero-order chi connectivity index (χ0) is 19.1. The minimum Gasteiger partial charge on any atom is -0.454 e. The van der Waals surface area contributed by atoms with Crippen molar-refractivity contribution in [3.63, 3.8) is 0 Å². The Hall–Kier alpha value is -3.22. The van der Waals surface area contributed by atoms with Gasteiger partial charge in [-0.3, -0.25) is 9.69 Å². The quantitative estimate of drug-likeness (QED) is 0.666. The number of rotatable bonds is 4. The van der Waals surface area contributed by atoms with E-state index in [1.54, 1.807) is 6.08 Å². The Labute approximate surface area is 157 Å². The molecule has 0 unspecified atom stereocenters. The van der Waals surface area contributed by atoms with Crippen LogP contribution < -0.4 is 14.8 Å². The molecule has 3 heterocycles. The zero-order valence-corrected chi connectivity index (χ0v) is 15.5. The van der Waals surface area contributed by atoms with Crippen LogP contribution in [0.15, 0.2) is 30.0 Å². The summed E-state index contributed by atoms with van der Waals surface area (Å²) in [7, 11) is 0. The first-order chi connectivity index (χ1) is 13.0. The van der Waals surface area contributed by atoms with Gasteiger partial charge in [-0.05, 0) is 50.1 Å². The average molecular weight is 367 g/mol. The maximum Gasteiger partial charge on any atom is 0.329 e. The highest BCUT2D eigenvalue weighted by atomic mass is 16.7. The molecule has 1 fully saturated rings. The maximum absolute atomic E-state index is 12.4. The largest absolute Gasteiger partial charge is 0.454 e. The molecular formula is C20H21N3O4. The monoisotopic (exact) mass is 367 g/mol. The Kier molecular flexibility index (Phi) is 4.14. The van der Waals surface area contributed by atoms with Crippen LogP contribution in [0.25, 0.3) is 11.8 Å². The van der Waals surface area contributed by atoms with Gasteiger partial charge in [0.2, 0.25) is 6.79 Å². The van der Waals surface area contributed by atoms with Crippen LogP contribution in [-0.2, 0) is 4.79 Å². The Morgan fingerprint density at radius 3 is 2.70 bits per heavy atom. The van der Waals surface area contributed by atoms with Crippen molar-refractivity contribution in [2.45, 2.75) is 27.2 Å². The fourth-order valence-corrected chi connectivity index (χ4v) is 3.51. The number of nitrogens with zero attached hydrogens (tertiary/aromatic N) is 2. The highest BCUT2D eigenvalue weighted by Crippen LogP contribution is 2.35. The number of urea groups is 1. The number of carbonyl (C=O) groups excluding carboxylic acids is 2. The molecule has 1 N–H and O–H groups in total. The van der Waals surface area contributed by atoms with E-state index in [1.165, 1.54) is 4.90 Å². The molecule has 2 aliphatic heterocycles. The van der Waals surface area contributed by atoms with Crippen molar-refractivity contribution in [2.75, 3.05) is 13.3 Å². The molecule has 0 bridgehead atoms. The van der Waals surface area contributed by atoms with Crippen LogP contribution in [-0.4, -0.2) is 34.7 Å². The second-order valence-electron chi connectivity index (χ2n) is 6.64. The first-order valence-corrected chi connectivity index (χ1v) is 8.93. The van der Waals surface area contributed by atoms with E-state index in [2.05, 4.69) is 9.88 Å². The average Bonchev–Trinajstić information content (AvgIpc) is 3.28. The van der Waals surface area contributed by atoms with Gasteiger partial charge < -0.3 is 19.4 Å². The van der Waals surface area contributed by atoms with Crippen LogP contribution in [0.2, 0.25) is 0 Å². The Morgan fingerprint density at radius 1 is 1.15 bits per heavy atom. The molecule has 0 atom stereocenters. The van der Waals surface area contributed by atoms with E-state index < -0.39 is 0 Å². The number of hydrogen-bond acceptors (Lipinski definition) is 4. The number of aromatic nitrogens is 1. The highest BCUT2D eigenvalue weighted by molar-refractivity contribution is 6.14. The molecule has 3 amide bonds. The number of fused-ring (bicyclic) bond motifs is 1. The Balaban J connectivity index is 1.70. The SMILES string of the molecule is CCCN1C(=O)N/C(=C/c2cc(C)n(-c3ccc4c(c3)OCO4)c2C)C1=O. The van der Waals surface area contributed by atoms with Gasteiger partial charge in [0.1, 0.15) is 5.70 Å². The van der Waals surface area contributed by atoms with E-state index in [0.717, 1.165) is 34.8 Å². The molecule has 0 radical (unpaired) electrons. The van der Waals surface area contributed by atoms with Gasteiger partial charge in [0, 0.05) is 29.7 Å². The summed E-state index contributed by atoms with van der Waals surface area (Å²) in [6, 6.07) is 7.42. The van der Waals surface area contributed by atoms with Crippen molar-refractivity contribution >= 4 is 18.0 Å². The van der Waals surface area contributed by atoms with Gasteiger partial charge in [-0.25, -0.2) is 4.79 Å². The third-order valence-electron chi connectivity index (χ3n) is 4.79. The molecule has 1 saturated heterocycles. The van der Waals surface area contributed by atoms with Gasteiger partial charge in [-0.15, -0.1) is 0 Å². The second-order valence-corrected chi connectivity index (χ2v) is 6.64. The number of amides is 3. The molecule has 4 rings (SSSR count). The summed E-state index contributed by atoms with van der Waals surface area (Å²) in [6.45, 7) is 6.56. The van der Waals surface area contributed by atoms with E-state index >= 15 is 0 Å². The smallest absolute Gasteiger partial charge is 0.329 e. The molecular weight excluding hydrogens is 346 g/mol. The third-order valence-corrected chi connectivity index (χ3v) is 4.79. The number of imide groups is 1. The van der Waals surface area contributed by atoms with E-state index in [0.29, 0.717) is 18.0 Å². The lowest BCUT2D eigenvalue weighted by Crippen LogP contribution is -2.31. The van der Waals surface area contributed by atoms with Crippen LogP contribution in [0.4, 0.5) is 4.79 Å². The molecule has 2 aromatic rings. The number of nitrogens with one attached hydrogen (secondary N) is 1. The molecule has 2 aliphatic rings. The summed E-state index contributed by atoms with van der Waals surface area (Å²) in [5, 5.41) is 2.67. The van der Waals surface area contributed by atoms with Gasteiger partial charge in [0.25, 0.3) is 5.91 Å². The number of hydrogen-bond donors (Lipinski definition) is 1. The van der Waals surface area contributed by atoms with Gasteiger partial charge in [-0.1, -0.05) is 6.92 Å². The summed E-state index contributed by atoms with van der Waals surface area (Å²) in [5.74, 6) is 1.17. The fraction of sp³-hybridized carbons (Fsp3) is 0.300. The van der Waals surface area contributed by atoms with Gasteiger partial charge in [-0.2, -0.15) is 0 Å². The van der Waals surface area contributed by atoms with Crippen molar-refractivity contribution < 1.29 is 19.1 Å². The normalized spacial score (nSPS) is 17.1. The van der Waals surface area contributed by atoms with Crippen LogP contribution in [0.1, 0.15) is 30.3 Å². The molecule has 0 aliphatic carbocycles. The predicted octanol–water partition coefficient (Wildman–Crippen LogP) is 3.13. The summed E-state index contributed by atoms with van der Waals surface area (Å²) < 4.78 is 12.9. The second kappa shape index (κ2) is 6.50. The predicted molar refractivity (Wildman–Crippen MR) is 99.9 cm³/mol. The number of ether oxygens (including phenoxy) is 2. The molecule has 140 valence electrons. The fourth-order valence-electron chi connectivity index (χ4n) is 3.51. The minimum absolute atomic E-state index is 0.232. The molecule has 0 spiro atoms. The van der Waals surface area contributed by atoms with Crippen molar-refractivity contribution in [3.8, 4) is 17.2 Å². The standard InChI is InChI=1S/C20H21N3O4/c1-4-7-22-19(24)16(21-20(22)25)9-14-8-12(2)23(13(14)3)15-5-6-17-18(10-15)27-11-26-17/h5-6,8-10H,4,7,11H2,1-3H3,(H,21,25)/b16-9+. The van der Waals surface area contributed by atoms with Crippen LogP contribution >= 0.6 is 0 Å². The molecule has 0 saturated carbocycles. The van der Waals surface area contributed by atoms with Crippen LogP contribution in [0.3, 0.4) is 0 Å². The number of aryl methyl sites for hydroxylation is 1. The van der Waals surface area contributed by atoms with Gasteiger partial charge >= 0.3 is 6.03 Å². The first-order valence-electron chi connectivity index (χ1n) is 8.93. The molecule has 7 heteroatoms.